The molecule has 1 aromatic rings. The third-order valence-corrected chi connectivity index (χ3v) is 4.23. The van der Waals surface area contributed by atoms with E-state index in [4.69, 9.17) is 0 Å². The second-order valence-corrected chi connectivity index (χ2v) is 5.43. The van der Waals surface area contributed by atoms with Crippen molar-refractivity contribution in [2.45, 2.75) is 51.6 Å². The van der Waals surface area contributed by atoms with E-state index in [1.54, 1.807) is 0 Å². The van der Waals surface area contributed by atoms with Gasteiger partial charge in [0.2, 0.25) is 0 Å². The summed E-state index contributed by atoms with van der Waals surface area (Å²) in [6, 6.07) is 3.18. The van der Waals surface area contributed by atoms with Gasteiger partial charge >= 0.3 is 0 Å². The Bertz CT molecular complexity index is 483. The van der Waals surface area contributed by atoms with Gasteiger partial charge in [0.05, 0.1) is 11.6 Å². The molecule has 1 aromatic carbocycles. The van der Waals surface area contributed by atoms with Gasteiger partial charge in [-0.3, -0.25) is 9.69 Å². The van der Waals surface area contributed by atoms with E-state index in [2.05, 4.69) is 4.90 Å². The lowest BCUT2D eigenvalue weighted by Gasteiger charge is -2.32. The highest BCUT2D eigenvalue weighted by molar-refractivity contribution is 6.00. The van der Waals surface area contributed by atoms with E-state index in [0.29, 0.717) is 6.04 Å². The molecule has 0 aromatic heterocycles. The number of Topliss-reactive ketones (excluding diaryl/α,β-unsaturated/α-hetero) is 1. The van der Waals surface area contributed by atoms with Gasteiger partial charge in [0.1, 0.15) is 11.6 Å². The lowest BCUT2D eigenvalue weighted by Crippen LogP contribution is -2.44. The van der Waals surface area contributed by atoms with Crippen LogP contribution in [-0.2, 0) is 0 Å². The van der Waals surface area contributed by atoms with E-state index >= 15 is 0 Å². The minimum Gasteiger partial charge on any atom is -0.292 e. The third kappa shape index (κ3) is 3.06. The highest BCUT2D eigenvalue weighted by Crippen LogP contribution is 2.26. The molecule has 1 atom stereocenters. The molecule has 4 heteroatoms. The van der Waals surface area contributed by atoms with Crippen molar-refractivity contribution in [3.8, 4) is 0 Å². The molecule has 1 aliphatic carbocycles. The highest BCUT2D eigenvalue weighted by Gasteiger charge is 2.30. The number of hydrogen-bond donors (Lipinski definition) is 0. The zero-order valence-corrected chi connectivity index (χ0v) is 12.0. The number of carbonyl (C=O) groups excluding carboxylic acids is 1. The summed E-state index contributed by atoms with van der Waals surface area (Å²) in [5, 5.41) is 0. The van der Waals surface area contributed by atoms with E-state index < -0.39 is 11.6 Å². The van der Waals surface area contributed by atoms with Crippen LogP contribution >= 0.6 is 0 Å². The molecule has 20 heavy (non-hydrogen) atoms. The first kappa shape index (κ1) is 15.1. The Morgan fingerprint density at radius 3 is 2.55 bits per heavy atom. The monoisotopic (exact) mass is 281 g/mol. The number of benzene rings is 1. The fourth-order valence-electron chi connectivity index (χ4n) is 3.15. The lowest BCUT2D eigenvalue weighted by atomic mass is 10.0. The average Bonchev–Trinajstić information content (AvgIpc) is 2.92. The lowest BCUT2D eigenvalue weighted by molar-refractivity contribution is 0.0771. The van der Waals surface area contributed by atoms with Crippen LogP contribution in [0.5, 0.6) is 0 Å². The summed E-state index contributed by atoms with van der Waals surface area (Å²) in [6.45, 7) is 4.59. The van der Waals surface area contributed by atoms with Gasteiger partial charge in [-0.1, -0.05) is 19.8 Å². The van der Waals surface area contributed by atoms with Gasteiger partial charge in [0, 0.05) is 12.1 Å². The van der Waals surface area contributed by atoms with Crippen LogP contribution in [0.15, 0.2) is 18.2 Å². The maximum atomic E-state index is 13.7. The minimum atomic E-state index is -0.774. The average molecular weight is 281 g/mol. The van der Waals surface area contributed by atoms with Crippen molar-refractivity contribution < 1.29 is 13.6 Å². The molecule has 0 amide bonds. The molecular weight excluding hydrogens is 260 g/mol. The Kier molecular flexibility index (Phi) is 4.86. The van der Waals surface area contributed by atoms with Crippen LogP contribution in [0.2, 0.25) is 0 Å². The second kappa shape index (κ2) is 6.44. The van der Waals surface area contributed by atoms with E-state index in [0.717, 1.165) is 31.5 Å². The number of nitrogens with zero attached hydrogens (tertiary/aromatic N) is 1. The van der Waals surface area contributed by atoms with Crippen LogP contribution in [0.3, 0.4) is 0 Å². The summed E-state index contributed by atoms with van der Waals surface area (Å²) in [5.41, 5.74) is -0.0182. The molecule has 0 spiro atoms. The first-order valence-electron chi connectivity index (χ1n) is 7.29. The number of rotatable bonds is 5. The summed E-state index contributed by atoms with van der Waals surface area (Å²) in [5.74, 6) is -1.70. The third-order valence-electron chi connectivity index (χ3n) is 4.23. The van der Waals surface area contributed by atoms with Gasteiger partial charge in [-0.05, 0) is 38.4 Å². The van der Waals surface area contributed by atoms with Crippen molar-refractivity contribution in [3.63, 3.8) is 0 Å². The van der Waals surface area contributed by atoms with E-state index in [-0.39, 0.29) is 17.4 Å². The molecule has 0 saturated heterocycles. The number of halogens is 2. The van der Waals surface area contributed by atoms with Gasteiger partial charge in [-0.25, -0.2) is 8.78 Å². The van der Waals surface area contributed by atoms with Crippen LogP contribution in [0.4, 0.5) is 8.78 Å². The Morgan fingerprint density at radius 1 is 1.35 bits per heavy atom. The second-order valence-electron chi connectivity index (χ2n) is 5.43. The molecule has 2 nitrogen and oxygen atoms in total. The molecule has 1 aliphatic rings. The van der Waals surface area contributed by atoms with E-state index in [9.17, 15) is 13.6 Å². The van der Waals surface area contributed by atoms with Crippen molar-refractivity contribution in [2.24, 2.45) is 0 Å². The molecule has 0 aliphatic heterocycles. The number of likely N-dealkylation sites (N-methyl/N-ethyl adjacent to an activating group) is 1. The quantitative estimate of drug-likeness (QED) is 0.765. The Hall–Kier alpha value is -1.29. The molecule has 1 fully saturated rings. The number of hydrogen-bond acceptors (Lipinski definition) is 2. The fraction of sp³-hybridized carbons (Fsp3) is 0.562. The topological polar surface area (TPSA) is 20.3 Å². The molecule has 0 heterocycles. The van der Waals surface area contributed by atoms with Crippen LogP contribution in [0.25, 0.3) is 0 Å². The van der Waals surface area contributed by atoms with Gasteiger partial charge in [-0.2, -0.15) is 0 Å². The zero-order chi connectivity index (χ0) is 14.7. The summed E-state index contributed by atoms with van der Waals surface area (Å²) in [4.78, 5) is 14.6. The summed E-state index contributed by atoms with van der Waals surface area (Å²) in [6.07, 6.45) is 4.56. The van der Waals surface area contributed by atoms with Crippen molar-refractivity contribution in [3.05, 3.63) is 35.4 Å². The van der Waals surface area contributed by atoms with Gasteiger partial charge in [0.15, 0.2) is 5.78 Å². The summed E-state index contributed by atoms with van der Waals surface area (Å²) in [7, 11) is 0. The van der Waals surface area contributed by atoms with Crippen LogP contribution in [-0.4, -0.2) is 29.3 Å². The molecule has 2 rings (SSSR count). The van der Waals surface area contributed by atoms with Gasteiger partial charge in [0.25, 0.3) is 0 Å². The fourth-order valence-corrected chi connectivity index (χ4v) is 3.15. The Balaban J connectivity index is 2.17. The maximum Gasteiger partial charge on any atom is 0.182 e. The first-order chi connectivity index (χ1) is 9.54. The summed E-state index contributed by atoms with van der Waals surface area (Å²) >= 11 is 0. The maximum absolute atomic E-state index is 13.7. The van der Waals surface area contributed by atoms with E-state index in [1.165, 1.54) is 18.9 Å². The predicted molar refractivity (Wildman–Crippen MR) is 74.8 cm³/mol. The van der Waals surface area contributed by atoms with Crippen molar-refractivity contribution in [1.29, 1.82) is 0 Å². The van der Waals surface area contributed by atoms with Crippen molar-refractivity contribution in [2.75, 3.05) is 6.54 Å². The smallest absolute Gasteiger partial charge is 0.182 e. The summed E-state index contributed by atoms with van der Waals surface area (Å²) < 4.78 is 26.6. The number of carbonyl (C=O) groups is 1. The molecular formula is C16H21F2NO. The number of ketones is 1. The van der Waals surface area contributed by atoms with Gasteiger partial charge < -0.3 is 0 Å². The molecule has 110 valence electrons. The van der Waals surface area contributed by atoms with E-state index in [1.807, 2.05) is 13.8 Å². The van der Waals surface area contributed by atoms with Crippen molar-refractivity contribution >= 4 is 5.78 Å². The first-order valence-corrected chi connectivity index (χ1v) is 7.29. The normalized spacial score (nSPS) is 17.6. The molecule has 0 N–H and O–H groups in total. The molecule has 1 saturated carbocycles. The molecule has 0 radical (unpaired) electrons. The molecule has 0 bridgehead atoms. The zero-order valence-electron chi connectivity index (χ0n) is 12.0. The van der Waals surface area contributed by atoms with Crippen LogP contribution < -0.4 is 0 Å². The Labute approximate surface area is 118 Å². The Morgan fingerprint density at radius 2 is 2.00 bits per heavy atom. The SMILES string of the molecule is CCN(C1CCCC1)C(C)C(=O)c1ccc(F)cc1F. The predicted octanol–water partition coefficient (Wildman–Crippen LogP) is 3.80. The van der Waals surface area contributed by atoms with Crippen LogP contribution in [0, 0.1) is 11.6 Å². The molecule has 1 unspecified atom stereocenters. The largest absolute Gasteiger partial charge is 0.292 e. The van der Waals surface area contributed by atoms with Crippen molar-refractivity contribution in [1.82, 2.24) is 4.90 Å². The standard InChI is InChI=1S/C16H21F2NO/c1-3-19(13-6-4-5-7-13)11(2)16(20)14-9-8-12(17)10-15(14)18/h8-11,13H,3-7H2,1-2H3. The highest BCUT2D eigenvalue weighted by atomic mass is 19.1. The van der Waals surface area contributed by atoms with Gasteiger partial charge in [-0.15, -0.1) is 0 Å². The van der Waals surface area contributed by atoms with Crippen LogP contribution in [0.1, 0.15) is 49.9 Å². The minimum absolute atomic E-state index is 0.0182.